The number of anilines is 1. The molecule has 0 saturated heterocycles. The third kappa shape index (κ3) is 4.71. The number of nitrogens with zero attached hydrogens (tertiary/aromatic N) is 2. The van der Waals surface area contributed by atoms with E-state index in [0.717, 1.165) is 22.4 Å². The Bertz CT molecular complexity index is 1370. The van der Waals surface area contributed by atoms with Gasteiger partial charge in [0.15, 0.2) is 5.16 Å². The van der Waals surface area contributed by atoms with E-state index in [1.54, 1.807) is 22.8 Å². The maximum absolute atomic E-state index is 13.2. The second-order valence-electron chi connectivity index (χ2n) is 7.48. The lowest BCUT2D eigenvalue weighted by Crippen LogP contribution is -2.25. The Morgan fingerprint density at radius 3 is 2.59 bits per heavy atom. The predicted molar refractivity (Wildman–Crippen MR) is 132 cm³/mol. The van der Waals surface area contributed by atoms with Crippen LogP contribution in [0.3, 0.4) is 0 Å². The fraction of sp³-hybridized carbons (Fsp3) is 0.160. The Morgan fingerprint density at radius 2 is 1.78 bits per heavy atom. The van der Waals surface area contributed by atoms with E-state index in [-0.39, 0.29) is 23.8 Å². The van der Waals surface area contributed by atoms with E-state index in [1.807, 2.05) is 62.4 Å². The molecule has 162 valence electrons. The minimum absolute atomic E-state index is 0.126. The number of carbonyl (C=O) groups is 1. The first-order valence-corrected chi connectivity index (χ1v) is 11.5. The summed E-state index contributed by atoms with van der Waals surface area (Å²) in [6.07, 6.45) is 0. The van der Waals surface area contributed by atoms with Crippen LogP contribution < -0.4 is 10.9 Å². The minimum Gasteiger partial charge on any atom is -0.325 e. The molecule has 0 atom stereocenters. The van der Waals surface area contributed by atoms with E-state index in [4.69, 9.17) is 11.6 Å². The van der Waals surface area contributed by atoms with Gasteiger partial charge in [0.25, 0.3) is 5.56 Å². The van der Waals surface area contributed by atoms with Crippen molar-refractivity contribution in [3.8, 4) is 0 Å². The SMILES string of the molecule is Cc1cccc(NC(=O)CSc2nc3ccccc3c(=O)n2Cc2ccccc2Cl)c1C. The number of carbonyl (C=O) groups excluding carboxylic acids is 1. The largest absolute Gasteiger partial charge is 0.325 e. The predicted octanol–water partition coefficient (Wildman–Crippen LogP) is 5.45. The summed E-state index contributed by atoms with van der Waals surface area (Å²) in [5, 5.41) is 4.54. The molecule has 0 aliphatic carbocycles. The normalized spacial score (nSPS) is 11.0. The fourth-order valence-corrected chi connectivity index (χ4v) is 4.39. The van der Waals surface area contributed by atoms with Crippen LogP contribution in [0.4, 0.5) is 5.69 Å². The topological polar surface area (TPSA) is 64.0 Å². The summed E-state index contributed by atoms with van der Waals surface area (Å²) in [6.45, 7) is 4.26. The first kappa shape index (κ1) is 22.1. The minimum atomic E-state index is -0.159. The summed E-state index contributed by atoms with van der Waals surface area (Å²) in [4.78, 5) is 30.6. The summed E-state index contributed by atoms with van der Waals surface area (Å²) >= 11 is 7.57. The number of aromatic nitrogens is 2. The van der Waals surface area contributed by atoms with Gasteiger partial charge in [0.05, 0.1) is 23.2 Å². The van der Waals surface area contributed by atoms with Crippen molar-refractivity contribution in [2.24, 2.45) is 0 Å². The lowest BCUT2D eigenvalue weighted by Gasteiger charge is -2.14. The molecule has 4 rings (SSSR count). The number of benzene rings is 3. The quantitative estimate of drug-likeness (QED) is 0.305. The maximum Gasteiger partial charge on any atom is 0.262 e. The number of amides is 1. The van der Waals surface area contributed by atoms with Gasteiger partial charge in [0, 0.05) is 10.7 Å². The lowest BCUT2D eigenvalue weighted by molar-refractivity contribution is -0.113. The van der Waals surface area contributed by atoms with Crippen molar-refractivity contribution in [3.63, 3.8) is 0 Å². The zero-order chi connectivity index (χ0) is 22.7. The highest BCUT2D eigenvalue weighted by molar-refractivity contribution is 7.99. The third-order valence-corrected chi connectivity index (χ3v) is 6.67. The van der Waals surface area contributed by atoms with Crippen molar-refractivity contribution >= 4 is 45.9 Å². The number of thioether (sulfide) groups is 1. The van der Waals surface area contributed by atoms with Gasteiger partial charge < -0.3 is 5.32 Å². The number of para-hydroxylation sites is 1. The van der Waals surface area contributed by atoms with Crippen LogP contribution in [-0.2, 0) is 11.3 Å². The van der Waals surface area contributed by atoms with Gasteiger partial charge in [-0.05, 0) is 54.8 Å². The zero-order valence-electron chi connectivity index (χ0n) is 17.8. The summed E-state index contributed by atoms with van der Waals surface area (Å²) in [5.74, 6) is -0.0314. The van der Waals surface area contributed by atoms with Gasteiger partial charge in [-0.15, -0.1) is 0 Å². The van der Waals surface area contributed by atoms with E-state index in [1.165, 1.54) is 11.8 Å². The highest BCUT2D eigenvalue weighted by Crippen LogP contribution is 2.23. The summed E-state index contributed by atoms with van der Waals surface area (Å²) in [7, 11) is 0. The zero-order valence-corrected chi connectivity index (χ0v) is 19.3. The Kier molecular flexibility index (Phi) is 6.63. The Labute approximate surface area is 195 Å². The average molecular weight is 464 g/mol. The van der Waals surface area contributed by atoms with Crippen LogP contribution in [0.1, 0.15) is 16.7 Å². The van der Waals surface area contributed by atoms with Crippen LogP contribution in [0.2, 0.25) is 5.02 Å². The van der Waals surface area contributed by atoms with Crippen LogP contribution in [0.25, 0.3) is 10.9 Å². The molecule has 1 amide bonds. The van der Waals surface area contributed by atoms with Gasteiger partial charge in [0.1, 0.15) is 0 Å². The number of halogens is 1. The molecular weight excluding hydrogens is 442 g/mol. The van der Waals surface area contributed by atoms with Crippen LogP contribution in [0.5, 0.6) is 0 Å². The first-order valence-electron chi connectivity index (χ1n) is 10.2. The first-order chi connectivity index (χ1) is 15.4. The van der Waals surface area contributed by atoms with E-state index >= 15 is 0 Å². The van der Waals surface area contributed by atoms with Crippen molar-refractivity contribution in [3.05, 3.63) is 98.8 Å². The standard InChI is InChI=1S/C25H22ClN3O2S/c1-16-8-7-13-21(17(16)2)27-23(30)15-32-25-28-22-12-6-4-10-19(22)24(31)29(25)14-18-9-3-5-11-20(18)26/h3-13H,14-15H2,1-2H3,(H,27,30). The molecule has 0 spiro atoms. The number of aryl methyl sites for hydroxylation is 1. The smallest absolute Gasteiger partial charge is 0.262 e. The number of hydrogen-bond acceptors (Lipinski definition) is 4. The number of fused-ring (bicyclic) bond motifs is 1. The number of hydrogen-bond donors (Lipinski definition) is 1. The molecular formula is C25H22ClN3O2S. The number of nitrogens with one attached hydrogen (secondary N) is 1. The second kappa shape index (κ2) is 9.59. The molecule has 0 radical (unpaired) electrons. The van der Waals surface area contributed by atoms with Crippen LogP contribution in [-0.4, -0.2) is 21.2 Å². The Hall–Kier alpha value is -3.09. The van der Waals surface area contributed by atoms with Gasteiger partial charge in [-0.2, -0.15) is 0 Å². The molecule has 3 aromatic carbocycles. The van der Waals surface area contributed by atoms with Crippen molar-refractivity contribution < 1.29 is 4.79 Å². The number of rotatable bonds is 6. The van der Waals surface area contributed by atoms with Crippen molar-refractivity contribution in [2.75, 3.05) is 11.1 Å². The Morgan fingerprint density at radius 1 is 1.03 bits per heavy atom. The maximum atomic E-state index is 13.2. The van der Waals surface area contributed by atoms with Gasteiger partial charge >= 0.3 is 0 Å². The molecule has 5 nitrogen and oxygen atoms in total. The molecule has 32 heavy (non-hydrogen) atoms. The molecule has 1 heterocycles. The molecule has 0 bridgehead atoms. The summed E-state index contributed by atoms with van der Waals surface area (Å²) in [6, 6.07) is 20.4. The molecule has 0 unspecified atom stereocenters. The van der Waals surface area contributed by atoms with E-state index < -0.39 is 0 Å². The molecule has 0 aliphatic heterocycles. The molecule has 0 fully saturated rings. The average Bonchev–Trinajstić information content (AvgIpc) is 2.79. The van der Waals surface area contributed by atoms with Gasteiger partial charge in [-0.25, -0.2) is 4.98 Å². The highest BCUT2D eigenvalue weighted by Gasteiger charge is 2.15. The molecule has 1 N–H and O–H groups in total. The lowest BCUT2D eigenvalue weighted by atomic mass is 10.1. The molecule has 0 aliphatic rings. The molecule has 4 aromatic rings. The van der Waals surface area contributed by atoms with Gasteiger partial charge in [0.2, 0.25) is 5.91 Å². The van der Waals surface area contributed by atoms with E-state index in [2.05, 4.69) is 10.3 Å². The van der Waals surface area contributed by atoms with Crippen LogP contribution in [0, 0.1) is 13.8 Å². The van der Waals surface area contributed by atoms with Crippen molar-refractivity contribution in [1.82, 2.24) is 9.55 Å². The van der Waals surface area contributed by atoms with E-state index in [0.29, 0.717) is 21.1 Å². The second-order valence-corrected chi connectivity index (χ2v) is 8.83. The molecule has 0 saturated carbocycles. The molecule has 7 heteroatoms. The van der Waals surface area contributed by atoms with Crippen molar-refractivity contribution in [2.45, 2.75) is 25.5 Å². The van der Waals surface area contributed by atoms with Crippen LogP contribution >= 0.6 is 23.4 Å². The van der Waals surface area contributed by atoms with Gasteiger partial charge in [-0.3, -0.25) is 14.2 Å². The van der Waals surface area contributed by atoms with Gasteiger partial charge in [-0.1, -0.05) is 65.8 Å². The third-order valence-electron chi connectivity index (χ3n) is 5.32. The van der Waals surface area contributed by atoms with Crippen molar-refractivity contribution in [1.29, 1.82) is 0 Å². The van der Waals surface area contributed by atoms with E-state index in [9.17, 15) is 9.59 Å². The monoisotopic (exact) mass is 463 g/mol. The van der Waals surface area contributed by atoms with Crippen LogP contribution in [0.15, 0.2) is 76.7 Å². The summed E-state index contributed by atoms with van der Waals surface area (Å²) < 4.78 is 1.58. The molecule has 1 aromatic heterocycles. The summed E-state index contributed by atoms with van der Waals surface area (Å²) in [5.41, 5.74) is 4.19. The fourth-order valence-electron chi connectivity index (χ4n) is 3.40. The Balaban J connectivity index is 1.63. The highest BCUT2D eigenvalue weighted by atomic mass is 35.5.